The van der Waals surface area contributed by atoms with Crippen LogP contribution in [-0.4, -0.2) is 17.8 Å². The van der Waals surface area contributed by atoms with Crippen molar-refractivity contribution in [1.82, 2.24) is 10.3 Å². The summed E-state index contributed by atoms with van der Waals surface area (Å²) in [4.78, 5) is 4.97. The minimum Gasteiger partial charge on any atom is -0.388 e. The fourth-order valence-corrected chi connectivity index (χ4v) is 4.00. The van der Waals surface area contributed by atoms with E-state index in [-0.39, 0.29) is 0 Å². The summed E-state index contributed by atoms with van der Waals surface area (Å²) in [5, 5.41) is 3.49. The Bertz CT molecular complexity index is 752. The highest BCUT2D eigenvalue weighted by Gasteiger charge is 2.29. The number of hydrogen-bond donors (Lipinski definition) is 2. The molecule has 0 spiro atoms. The Morgan fingerprint density at radius 2 is 2.05 bits per heavy atom. The standard InChI is InChI=1S/C19H20N2S/c1-12-15-4-3-5-17-18(15)16(10-11-20-12)19(21-17)13-6-8-14(22-2)9-7-13/h3,5-9,15,20-21H,1,4,10-11H2,2H3. The second kappa shape index (κ2) is 5.40. The number of nitrogens with one attached hydrogen (secondary N) is 2. The van der Waals surface area contributed by atoms with Gasteiger partial charge in [-0.15, -0.1) is 11.8 Å². The van der Waals surface area contributed by atoms with Crippen molar-refractivity contribution >= 4 is 17.8 Å². The monoisotopic (exact) mass is 308 g/mol. The molecule has 1 aromatic heterocycles. The summed E-state index contributed by atoms with van der Waals surface area (Å²) in [5.41, 5.74) is 7.91. The van der Waals surface area contributed by atoms with Crippen LogP contribution >= 0.6 is 11.8 Å². The van der Waals surface area contributed by atoms with Crippen molar-refractivity contribution < 1.29 is 0 Å². The molecule has 0 amide bonds. The van der Waals surface area contributed by atoms with Gasteiger partial charge in [-0.2, -0.15) is 0 Å². The Morgan fingerprint density at radius 3 is 2.82 bits per heavy atom. The van der Waals surface area contributed by atoms with Crippen molar-refractivity contribution in [3.05, 3.63) is 59.4 Å². The van der Waals surface area contributed by atoms with Crippen molar-refractivity contribution in [1.29, 1.82) is 0 Å². The van der Waals surface area contributed by atoms with Gasteiger partial charge in [0.25, 0.3) is 0 Å². The molecule has 112 valence electrons. The van der Waals surface area contributed by atoms with Crippen LogP contribution in [0.4, 0.5) is 0 Å². The summed E-state index contributed by atoms with van der Waals surface area (Å²) in [6.07, 6.45) is 8.70. The average molecular weight is 308 g/mol. The maximum atomic E-state index is 4.24. The molecule has 22 heavy (non-hydrogen) atoms. The van der Waals surface area contributed by atoms with Crippen molar-refractivity contribution in [3.8, 4) is 11.3 Å². The number of hydrogen-bond acceptors (Lipinski definition) is 2. The van der Waals surface area contributed by atoms with Gasteiger partial charge in [-0.3, -0.25) is 0 Å². The van der Waals surface area contributed by atoms with Gasteiger partial charge in [-0.1, -0.05) is 24.8 Å². The lowest BCUT2D eigenvalue weighted by atomic mass is 9.86. The van der Waals surface area contributed by atoms with Gasteiger partial charge in [-0.25, -0.2) is 0 Å². The first-order valence-electron chi connectivity index (χ1n) is 7.76. The fraction of sp³-hybridized carbons (Fsp3) is 0.263. The van der Waals surface area contributed by atoms with Crippen LogP contribution in [0.2, 0.25) is 0 Å². The van der Waals surface area contributed by atoms with E-state index in [1.54, 1.807) is 11.8 Å². The first kappa shape index (κ1) is 13.8. The summed E-state index contributed by atoms with van der Waals surface area (Å²) >= 11 is 1.78. The minimum atomic E-state index is 0.410. The first-order chi connectivity index (χ1) is 10.8. The molecule has 1 aliphatic carbocycles. The maximum Gasteiger partial charge on any atom is 0.0494 e. The molecule has 1 atom stereocenters. The predicted octanol–water partition coefficient (Wildman–Crippen LogP) is 4.56. The highest BCUT2D eigenvalue weighted by atomic mass is 32.2. The van der Waals surface area contributed by atoms with E-state index in [4.69, 9.17) is 0 Å². The summed E-state index contributed by atoms with van der Waals surface area (Å²) in [7, 11) is 0. The molecule has 0 bridgehead atoms. The van der Waals surface area contributed by atoms with Gasteiger partial charge < -0.3 is 10.3 Å². The molecule has 0 radical (unpaired) electrons. The largest absolute Gasteiger partial charge is 0.388 e. The zero-order valence-corrected chi connectivity index (χ0v) is 13.6. The second-order valence-corrected chi connectivity index (χ2v) is 6.81. The molecule has 2 aromatic rings. The Hall–Kier alpha value is -1.87. The smallest absolute Gasteiger partial charge is 0.0494 e. The molecule has 0 saturated carbocycles. The SMILES string of the molecule is C=C1NCCc2c(-c3ccc(SC)cc3)[nH]c3c2C1CC=C3. The summed E-state index contributed by atoms with van der Waals surface area (Å²) in [5.74, 6) is 0.410. The molecule has 1 aromatic carbocycles. The van der Waals surface area contributed by atoms with Gasteiger partial charge in [0, 0.05) is 34.4 Å². The van der Waals surface area contributed by atoms with E-state index in [2.05, 4.69) is 59.6 Å². The van der Waals surface area contributed by atoms with Crippen LogP contribution < -0.4 is 5.32 Å². The molecule has 2 N–H and O–H groups in total. The van der Waals surface area contributed by atoms with Crippen LogP contribution in [0.25, 0.3) is 17.3 Å². The van der Waals surface area contributed by atoms with E-state index < -0.39 is 0 Å². The van der Waals surface area contributed by atoms with E-state index in [1.807, 2.05) is 0 Å². The number of aromatic nitrogens is 1. The first-order valence-corrected chi connectivity index (χ1v) is 8.99. The molecule has 1 aliphatic heterocycles. The molecular formula is C19H20N2S. The van der Waals surface area contributed by atoms with Gasteiger partial charge in [0.15, 0.2) is 0 Å². The molecule has 4 rings (SSSR count). The van der Waals surface area contributed by atoms with Crippen molar-refractivity contribution in [2.75, 3.05) is 12.8 Å². The average Bonchev–Trinajstić information content (AvgIpc) is 2.84. The van der Waals surface area contributed by atoms with Crippen molar-refractivity contribution in [2.24, 2.45) is 0 Å². The van der Waals surface area contributed by atoms with Crippen LogP contribution in [-0.2, 0) is 6.42 Å². The summed E-state index contributed by atoms with van der Waals surface area (Å²) in [6.45, 7) is 5.21. The van der Waals surface area contributed by atoms with Gasteiger partial charge in [0.05, 0.1) is 0 Å². The van der Waals surface area contributed by atoms with E-state index >= 15 is 0 Å². The van der Waals surface area contributed by atoms with Crippen LogP contribution in [0.15, 0.2) is 47.5 Å². The van der Waals surface area contributed by atoms with E-state index in [0.717, 1.165) is 25.1 Å². The van der Waals surface area contributed by atoms with E-state index in [9.17, 15) is 0 Å². The third-order valence-corrected chi connectivity index (χ3v) is 5.45. The maximum absolute atomic E-state index is 4.24. The Morgan fingerprint density at radius 1 is 1.23 bits per heavy atom. The van der Waals surface area contributed by atoms with E-state index in [1.165, 1.54) is 33.0 Å². The lowest BCUT2D eigenvalue weighted by molar-refractivity contribution is 0.711. The molecule has 1 unspecified atom stereocenters. The molecule has 0 fully saturated rings. The number of allylic oxidation sites excluding steroid dienone is 2. The highest BCUT2D eigenvalue weighted by molar-refractivity contribution is 7.98. The lowest BCUT2D eigenvalue weighted by Gasteiger charge is -2.20. The summed E-state index contributed by atoms with van der Waals surface area (Å²) in [6, 6.07) is 8.86. The molecule has 0 saturated heterocycles. The normalized spacial score (nSPS) is 19.5. The van der Waals surface area contributed by atoms with Gasteiger partial charge >= 0.3 is 0 Å². The Kier molecular flexibility index (Phi) is 3.38. The van der Waals surface area contributed by atoms with Gasteiger partial charge in [-0.05, 0) is 54.0 Å². The molecule has 2 heterocycles. The van der Waals surface area contributed by atoms with Crippen molar-refractivity contribution in [2.45, 2.75) is 23.7 Å². The molecule has 2 aliphatic rings. The number of rotatable bonds is 2. The van der Waals surface area contributed by atoms with Crippen LogP contribution in [0, 0.1) is 0 Å². The van der Waals surface area contributed by atoms with Gasteiger partial charge in [0.1, 0.15) is 0 Å². The number of aromatic amines is 1. The fourth-order valence-electron chi connectivity index (χ4n) is 3.60. The lowest BCUT2D eigenvalue weighted by Crippen LogP contribution is -2.17. The number of thioether (sulfide) groups is 1. The van der Waals surface area contributed by atoms with Crippen LogP contribution in [0.5, 0.6) is 0 Å². The molecular weight excluding hydrogens is 288 g/mol. The topological polar surface area (TPSA) is 27.8 Å². The second-order valence-electron chi connectivity index (χ2n) is 5.93. The van der Waals surface area contributed by atoms with Crippen LogP contribution in [0.3, 0.4) is 0 Å². The summed E-state index contributed by atoms with van der Waals surface area (Å²) < 4.78 is 0. The molecule has 3 heteroatoms. The van der Waals surface area contributed by atoms with Gasteiger partial charge in [0.2, 0.25) is 0 Å². The Labute approximate surface area is 135 Å². The number of benzene rings is 1. The zero-order chi connectivity index (χ0) is 15.1. The Balaban J connectivity index is 1.86. The highest BCUT2D eigenvalue weighted by Crippen LogP contribution is 2.42. The third kappa shape index (κ3) is 2.12. The quantitative estimate of drug-likeness (QED) is 0.796. The zero-order valence-electron chi connectivity index (χ0n) is 12.8. The molecule has 2 nitrogen and oxygen atoms in total. The number of H-pyrrole nitrogens is 1. The van der Waals surface area contributed by atoms with E-state index in [0.29, 0.717) is 5.92 Å². The predicted molar refractivity (Wildman–Crippen MR) is 95.2 cm³/mol. The van der Waals surface area contributed by atoms with Crippen LogP contribution in [0.1, 0.15) is 29.2 Å². The van der Waals surface area contributed by atoms with Crippen molar-refractivity contribution in [3.63, 3.8) is 0 Å². The third-order valence-electron chi connectivity index (χ3n) is 4.71. The minimum absolute atomic E-state index is 0.410.